The van der Waals surface area contributed by atoms with Gasteiger partial charge in [0.1, 0.15) is 34.1 Å². The first-order valence-electron chi connectivity index (χ1n) is 14.5. The fraction of sp³-hybridized carbons (Fsp3) is 0.132. The molecule has 0 aliphatic heterocycles. The average Bonchev–Trinajstić information content (AvgIpc) is 3.04. The molecule has 0 spiro atoms. The van der Waals surface area contributed by atoms with Gasteiger partial charge in [-0.15, -0.1) is 0 Å². The van der Waals surface area contributed by atoms with Crippen molar-refractivity contribution in [1.29, 1.82) is 0 Å². The summed E-state index contributed by atoms with van der Waals surface area (Å²) in [5.74, 6) is -2.87. The number of carbonyl (C=O) groups excluding carboxylic acids is 5. The lowest BCUT2D eigenvalue weighted by Gasteiger charge is -2.21. The fourth-order valence-electron chi connectivity index (χ4n) is 3.63. The lowest BCUT2D eigenvalue weighted by atomic mass is 9.99. The van der Waals surface area contributed by atoms with Crippen LogP contribution in [0.1, 0.15) is 54.7 Å². The van der Waals surface area contributed by atoms with E-state index in [4.69, 9.17) is 23.7 Å². The van der Waals surface area contributed by atoms with Gasteiger partial charge >= 0.3 is 36.0 Å². The minimum Gasteiger partial charge on any atom is -0.423 e. The third kappa shape index (κ3) is 10.4. The van der Waals surface area contributed by atoms with Crippen LogP contribution < -0.4 is 23.7 Å². The molecule has 3 aromatic rings. The van der Waals surface area contributed by atoms with Gasteiger partial charge in [-0.2, -0.15) is 13.2 Å². The monoisotopic (exact) mass is 702 g/mol. The van der Waals surface area contributed by atoms with Crippen LogP contribution in [0, 0.1) is 11.8 Å². The lowest BCUT2D eigenvalue weighted by Crippen LogP contribution is -2.23. The second-order valence-corrected chi connectivity index (χ2v) is 10.8. The number of esters is 5. The number of halogens is 3. The van der Waals surface area contributed by atoms with Crippen molar-refractivity contribution in [3.63, 3.8) is 0 Å². The maximum Gasteiger partial charge on any atom is 0.421 e. The van der Waals surface area contributed by atoms with E-state index in [-0.39, 0.29) is 45.1 Å². The summed E-state index contributed by atoms with van der Waals surface area (Å²) in [5.41, 5.74) is -3.90. The normalized spacial score (nSPS) is 10.4. The molecular weight excluding hydrogens is 673 g/mol. The Balaban J connectivity index is 2.24. The highest BCUT2D eigenvalue weighted by Crippen LogP contribution is 2.45. The first kappa shape index (κ1) is 38.8. The Morgan fingerprint density at radius 1 is 0.569 bits per heavy atom. The van der Waals surface area contributed by atoms with Gasteiger partial charge in [0.25, 0.3) is 0 Å². The number of ether oxygens (including phenoxy) is 5. The van der Waals surface area contributed by atoms with Crippen LogP contribution in [0.4, 0.5) is 13.2 Å². The highest BCUT2D eigenvalue weighted by molar-refractivity contribution is 6.00. The first-order chi connectivity index (χ1) is 23.8. The maximum atomic E-state index is 15.0. The highest BCUT2D eigenvalue weighted by Gasteiger charge is 2.44. The van der Waals surface area contributed by atoms with E-state index in [9.17, 15) is 37.1 Å². The molecule has 0 heterocycles. The van der Waals surface area contributed by atoms with Crippen molar-refractivity contribution in [2.24, 2.45) is 0 Å². The minimum absolute atomic E-state index is 0.00860. The summed E-state index contributed by atoms with van der Waals surface area (Å²) >= 11 is 0. The van der Waals surface area contributed by atoms with Crippen molar-refractivity contribution in [1.82, 2.24) is 0 Å². The molecule has 0 saturated heterocycles. The molecule has 13 heteroatoms. The molecule has 10 nitrogen and oxygen atoms in total. The van der Waals surface area contributed by atoms with Crippen LogP contribution in [0.15, 0.2) is 103 Å². The molecule has 3 rings (SSSR count). The molecule has 0 atom stereocenters. The molecular formula is C38H29F3O10. The Labute approximate surface area is 290 Å². The van der Waals surface area contributed by atoms with Crippen LogP contribution >= 0.6 is 0 Å². The summed E-state index contributed by atoms with van der Waals surface area (Å²) in [4.78, 5) is 62.4. The molecule has 262 valence electrons. The SMILES string of the molecule is C=C(C)C(=O)Oc1ccc(C#Cc2cc(OC(=O)C(=C)C)c(C(=O)Oc3ccc(OC(=O)C(=C)C)cc3)c(C(F)(F)F)c2OC(=O)C(=C)C)cc1. The molecule has 0 amide bonds. The van der Waals surface area contributed by atoms with E-state index in [2.05, 4.69) is 38.2 Å². The molecule has 3 aromatic carbocycles. The van der Waals surface area contributed by atoms with Gasteiger partial charge in [0.15, 0.2) is 5.75 Å². The van der Waals surface area contributed by atoms with E-state index in [1.54, 1.807) is 0 Å². The molecule has 0 fully saturated rings. The van der Waals surface area contributed by atoms with Gasteiger partial charge in [0.05, 0.1) is 5.56 Å². The van der Waals surface area contributed by atoms with Crippen molar-refractivity contribution in [2.75, 3.05) is 0 Å². The maximum absolute atomic E-state index is 15.0. The number of hydrogen-bond acceptors (Lipinski definition) is 10. The molecule has 0 aliphatic rings. The van der Waals surface area contributed by atoms with E-state index in [1.807, 2.05) is 0 Å². The Kier molecular flexibility index (Phi) is 12.3. The molecule has 0 saturated carbocycles. The van der Waals surface area contributed by atoms with E-state index >= 15 is 0 Å². The first-order valence-corrected chi connectivity index (χ1v) is 14.5. The number of benzene rings is 3. The lowest BCUT2D eigenvalue weighted by molar-refractivity contribution is -0.142. The summed E-state index contributed by atoms with van der Waals surface area (Å²) < 4.78 is 70.6. The average molecular weight is 703 g/mol. The zero-order valence-electron chi connectivity index (χ0n) is 27.7. The standard InChI is InChI=1S/C38H29F3O10/c1-20(2)33(42)47-26-13-10-24(11-14-26)9-12-25-19-29(50-35(44)22(5)6)30(31(38(39,40)41)32(25)51-36(45)23(7)8)37(46)49-28-17-15-27(16-18-28)48-34(43)21(3)4/h10-11,13-19H,1,3,5,7H2,2,4,6,8H3. The van der Waals surface area contributed by atoms with E-state index in [1.165, 1.54) is 64.1 Å². The molecule has 0 aromatic heterocycles. The Hall–Kier alpha value is -6.68. The van der Waals surface area contributed by atoms with Crippen LogP contribution in [-0.2, 0) is 25.4 Å². The van der Waals surface area contributed by atoms with Crippen molar-refractivity contribution in [3.8, 4) is 40.6 Å². The summed E-state index contributed by atoms with van der Waals surface area (Å²) in [7, 11) is 0. The van der Waals surface area contributed by atoms with Gasteiger partial charge in [-0.25, -0.2) is 24.0 Å². The van der Waals surface area contributed by atoms with Crippen LogP contribution in [0.5, 0.6) is 28.7 Å². The molecule has 51 heavy (non-hydrogen) atoms. The fourth-order valence-corrected chi connectivity index (χ4v) is 3.63. The van der Waals surface area contributed by atoms with Gasteiger partial charge in [0.2, 0.25) is 0 Å². The van der Waals surface area contributed by atoms with Crippen molar-refractivity contribution < 1.29 is 60.8 Å². The summed E-state index contributed by atoms with van der Waals surface area (Å²) in [6.45, 7) is 19.0. The largest absolute Gasteiger partial charge is 0.423 e. The van der Waals surface area contributed by atoms with E-state index in [0.717, 1.165) is 18.2 Å². The van der Waals surface area contributed by atoms with Crippen LogP contribution in [0.25, 0.3) is 0 Å². The zero-order valence-corrected chi connectivity index (χ0v) is 27.7. The van der Waals surface area contributed by atoms with Gasteiger partial charge < -0.3 is 23.7 Å². The van der Waals surface area contributed by atoms with Gasteiger partial charge in [-0.3, -0.25) is 0 Å². The second-order valence-electron chi connectivity index (χ2n) is 10.8. The molecule has 0 radical (unpaired) electrons. The third-order valence-electron chi connectivity index (χ3n) is 6.17. The molecule has 0 unspecified atom stereocenters. The molecule has 0 aliphatic carbocycles. The number of rotatable bonds is 10. The molecule has 0 bridgehead atoms. The zero-order chi connectivity index (χ0) is 38.2. The Bertz CT molecular complexity index is 2040. The van der Waals surface area contributed by atoms with Crippen molar-refractivity contribution >= 4 is 29.8 Å². The summed E-state index contributed by atoms with van der Waals surface area (Å²) in [5, 5.41) is 0. The Morgan fingerprint density at radius 2 is 0.961 bits per heavy atom. The van der Waals surface area contributed by atoms with Gasteiger partial charge in [-0.05, 0) is 76.2 Å². The minimum atomic E-state index is -5.45. The third-order valence-corrected chi connectivity index (χ3v) is 6.17. The summed E-state index contributed by atoms with van der Waals surface area (Å²) in [6.07, 6.45) is -5.45. The van der Waals surface area contributed by atoms with Gasteiger partial charge in [-0.1, -0.05) is 38.2 Å². The predicted molar refractivity (Wildman–Crippen MR) is 177 cm³/mol. The van der Waals surface area contributed by atoms with Crippen LogP contribution in [-0.4, -0.2) is 29.8 Å². The second kappa shape index (κ2) is 16.1. The number of carbonyl (C=O) groups is 5. The smallest absolute Gasteiger partial charge is 0.421 e. The Morgan fingerprint density at radius 3 is 1.39 bits per heavy atom. The highest BCUT2D eigenvalue weighted by atomic mass is 19.4. The topological polar surface area (TPSA) is 132 Å². The summed E-state index contributed by atoms with van der Waals surface area (Å²) in [6, 6.07) is 10.9. The number of hydrogen-bond donors (Lipinski definition) is 0. The van der Waals surface area contributed by atoms with Crippen LogP contribution in [0.3, 0.4) is 0 Å². The van der Waals surface area contributed by atoms with Crippen molar-refractivity contribution in [3.05, 3.63) is 125 Å². The van der Waals surface area contributed by atoms with E-state index < -0.39 is 64.2 Å². The van der Waals surface area contributed by atoms with Gasteiger partial charge in [0, 0.05) is 33.9 Å². The predicted octanol–water partition coefficient (Wildman–Crippen LogP) is 7.25. The molecule has 0 N–H and O–H groups in total. The van der Waals surface area contributed by atoms with Crippen molar-refractivity contribution in [2.45, 2.75) is 33.9 Å². The quantitative estimate of drug-likeness (QED) is 0.0921. The van der Waals surface area contributed by atoms with E-state index in [0.29, 0.717) is 0 Å². The van der Waals surface area contributed by atoms with Crippen LogP contribution in [0.2, 0.25) is 0 Å². The number of alkyl halides is 3.